The summed E-state index contributed by atoms with van der Waals surface area (Å²) in [6.07, 6.45) is 8.29. The Morgan fingerprint density at radius 2 is 2.00 bits per heavy atom. The molecule has 0 spiro atoms. The van der Waals surface area contributed by atoms with E-state index in [4.69, 9.17) is 0 Å². The Morgan fingerprint density at radius 3 is 2.71 bits per heavy atom. The van der Waals surface area contributed by atoms with Crippen molar-refractivity contribution >= 4 is 5.78 Å². The fraction of sp³-hybridized carbons (Fsp3) is 0.571. The highest BCUT2D eigenvalue weighted by Crippen LogP contribution is 2.18. The van der Waals surface area contributed by atoms with E-state index in [2.05, 4.69) is 10.3 Å². The van der Waals surface area contributed by atoms with Crippen LogP contribution >= 0.6 is 0 Å². The van der Waals surface area contributed by atoms with Crippen LogP contribution in [0.25, 0.3) is 0 Å². The minimum Gasteiger partial charge on any atom is -0.317 e. The molecular formula is C14H20N2O. The van der Waals surface area contributed by atoms with E-state index in [9.17, 15) is 4.79 Å². The molecule has 0 aromatic carbocycles. The van der Waals surface area contributed by atoms with Crippen LogP contribution in [0.15, 0.2) is 24.5 Å². The van der Waals surface area contributed by atoms with E-state index in [1.807, 2.05) is 12.1 Å². The van der Waals surface area contributed by atoms with Gasteiger partial charge in [0, 0.05) is 25.2 Å². The van der Waals surface area contributed by atoms with Gasteiger partial charge in [-0.1, -0.05) is 0 Å². The number of carbonyl (C=O) groups is 1. The molecule has 1 aliphatic rings. The second-order valence-electron chi connectivity index (χ2n) is 4.80. The quantitative estimate of drug-likeness (QED) is 0.844. The number of pyridine rings is 1. The number of aromatic nitrogens is 1. The lowest BCUT2D eigenvalue weighted by atomic mass is 9.91. The van der Waals surface area contributed by atoms with Crippen LogP contribution in [0.3, 0.4) is 0 Å². The molecular weight excluding hydrogens is 212 g/mol. The van der Waals surface area contributed by atoms with Crippen molar-refractivity contribution in [1.82, 2.24) is 10.3 Å². The summed E-state index contributed by atoms with van der Waals surface area (Å²) in [5, 5.41) is 3.35. The molecule has 1 aliphatic heterocycles. The lowest BCUT2D eigenvalue weighted by Gasteiger charge is -2.22. The number of nitrogens with zero attached hydrogens (tertiary/aromatic N) is 1. The summed E-state index contributed by atoms with van der Waals surface area (Å²) in [4.78, 5) is 15.8. The van der Waals surface area contributed by atoms with E-state index in [1.165, 1.54) is 12.8 Å². The minimum absolute atomic E-state index is 0.356. The summed E-state index contributed by atoms with van der Waals surface area (Å²) in [6, 6.07) is 3.84. The highest BCUT2D eigenvalue weighted by Gasteiger charge is 2.14. The third-order valence-electron chi connectivity index (χ3n) is 3.44. The molecule has 3 heteroatoms. The zero-order valence-electron chi connectivity index (χ0n) is 10.2. The van der Waals surface area contributed by atoms with Crippen molar-refractivity contribution in [3.05, 3.63) is 30.1 Å². The normalized spacial score (nSPS) is 16.9. The molecule has 3 nitrogen and oxygen atoms in total. The van der Waals surface area contributed by atoms with Gasteiger partial charge in [-0.05, 0) is 56.0 Å². The maximum absolute atomic E-state index is 11.8. The van der Waals surface area contributed by atoms with Crippen molar-refractivity contribution in [3.63, 3.8) is 0 Å². The van der Waals surface area contributed by atoms with Gasteiger partial charge in [0.15, 0.2) is 0 Å². The van der Waals surface area contributed by atoms with Crippen LogP contribution in [0.1, 0.15) is 31.2 Å². The van der Waals surface area contributed by atoms with Gasteiger partial charge < -0.3 is 5.32 Å². The van der Waals surface area contributed by atoms with Gasteiger partial charge in [-0.15, -0.1) is 0 Å². The van der Waals surface area contributed by atoms with Crippen molar-refractivity contribution < 1.29 is 4.79 Å². The van der Waals surface area contributed by atoms with Crippen LogP contribution in [0.5, 0.6) is 0 Å². The summed E-state index contributed by atoms with van der Waals surface area (Å²) < 4.78 is 0. The molecule has 1 N–H and O–H groups in total. The topological polar surface area (TPSA) is 42.0 Å². The summed E-state index contributed by atoms with van der Waals surface area (Å²) in [5.41, 5.74) is 1.08. The van der Waals surface area contributed by atoms with Crippen LogP contribution in [-0.4, -0.2) is 23.9 Å². The number of Topliss-reactive ketones (excluding diaryl/α,β-unsaturated/α-hetero) is 1. The first-order chi connectivity index (χ1) is 8.34. The molecule has 2 heterocycles. The fourth-order valence-electron chi connectivity index (χ4n) is 2.35. The molecule has 2 rings (SSSR count). The van der Waals surface area contributed by atoms with Gasteiger partial charge in [-0.2, -0.15) is 0 Å². The molecule has 0 amide bonds. The van der Waals surface area contributed by atoms with Crippen molar-refractivity contribution in [3.8, 4) is 0 Å². The Balaban J connectivity index is 1.70. The predicted molar refractivity (Wildman–Crippen MR) is 67.8 cm³/mol. The maximum Gasteiger partial charge on any atom is 0.137 e. The van der Waals surface area contributed by atoms with E-state index in [1.54, 1.807) is 12.4 Å². The van der Waals surface area contributed by atoms with Gasteiger partial charge in [-0.25, -0.2) is 0 Å². The molecule has 1 fully saturated rings. The summed E-state index contributed by atoms with van der Waals surface area (Å²) in [7, 11) is 0. The molecule has 0 atom stereocenters. The van der Waals surface area contributed by atoms with Gasteiger partial charge in [0.2, 0.25) is 0 Å². The van der Waals surface area contributed by atoms with E-state index in [0.717, 1.165) is 37.4 Å². The molecule has 0 radical (unpaired) electrons. The Hall–Kier alpha value is -1.22. The van der Waals surface area contributed by atoms with Crippen LogP contribution in [0, 0.1) is 5.92 Å². The van der Waals surface area contributed by atoms with Gasteiger partial charge in [0.25, 0.3) is 0 Å². The molecule has 0 saturated carbocycles. The van der Waals surface area contributed by atoms with Crippen molar-refractivity contribution in [1.29, 1.82) is 0 Å². The van der Waals surface area contributed by atoms with Gasteiger partial charge >= 0.3 is 0 Å². The Kier molecular flexibility index (Phi) is 4.68. The van der Waals surface area contributed by atoms with Gasteiger partial charge in [0.1, 0.15) is 5.78 Å². The standard InChI is InChI=1S/C14H20N2O/c17-14(11-13-5-9-16-10-6-13)2-1-12-3-7-15-8-4-12/h5-6,9-10,12,15H,1-4,7-8,11H2. The molecule has 1 aromatic rings. The van der Waals surface area contributed by atoms with E-state index >= 15 is 0 Å². The first-order valence-corrected chi connectivity index (χ1v) is 6.46. The van der Waals surface area contributed by atoms with Gasteiger partial charge in [-0.3, -0.25) is 9.78 Å². The third-order valence-corrected chi connectivity index (χ3v) is 3.44. The first kappa shape index (κ1) is 12.2. The van der Waals surface area contributed by atoms with E-state index < -0.39 is 0 Å². The van der Waals surface area contributed by atoms with Crippen LogP contribution < -0.4 is 5.32 Å². The number of hydrogen-bond acceptors (Lipinski definition) is 3. The highest BCUT2D eigenvalue weighted by atomic mass is 16.1. The third kappa shape index (κ3) is 4.27. The highest BCUT2D eigenvalue weighted by molar-refractivity contribution is 5.80. The van der Waals surface area contributed by atoms with Crippen molar-refractivity contribution in [2.45, 2.75) is 32.1 Å². The average molecular weight is 232 g/mol. The number of rotatable bonds is 5. The summed E-state index contributed by atoms with van der Waals surface area (Å²) in [5.74, 6) is 1.10. The summed E-state index contributed by atoms with van der Waals surface area (Å²) in [6.45, 7) is 2.23. The van der Waals surface area contributed by atoms with Crippen molar-refractivity contribution in [2.24, 2.45) is 5.92 Å². The molecule has 17 heavy (non-hydrogen) atoms. The number of hydrogen-bond donors (Lipinski definition) is 1. The lowest BCUT2D eigenvalue weighted by Crippen LogP contribution is -2.28. The Labute approximate surface area is 103 Å². The zero-order valence-corrected chi connectivity index (χ0v) is 10.2. The molecule has 0 aliphatic carbocycles. The van der Waals surface area contributed by atoms with Crippen molar-refractivity contribution in [2.75, 3.05) is 13.1 Å². The molecule has 92 valence electrons. The fourth-order valence-corrected chi connectivity index (χ4v) is 2.35. The summed E-state index contributed by atoms with van der Waals surface area (Å²) >= 11 is 0. The minimum atomic E-state index is 0.356. The second-order valence-corrected chi connectivity index (χ2v) is 4.80. The number of ketones is 1. The SMILES string of the molecule is O=C(CCC1CCNCC1)Cc1ccncc1. The van der Waals surface area contributed by atoms with Crippen LogP contribution in [-0.2, 0) is 11.2 Å². The Morgan fingerprint density at radius 1 is 1.29 bits per heavy atom. The monoisotopic (exact) mass is 232 g/mol. The zero-order chi connectivity index (χ0) is 11.9. The molecule has 0 bridgehead atoms. The largest absolute Gasteiger partial charge is 0.317 e. The van der Waals surface area contributed by atoms with E-state index in [0.29, 0.717) is 12.2 Å². The second kappa shape index (κ2) is 6.50. The Bertz CT molecular complexity index is 344. The first-order valence-electron chi connectivity index (χ1n) is 6.46. The number of piperidine rings is 1. The predicted octanol–water partition coefficient (Wildman–Crippen LogP) is 1.97. The maximum atomic E-state index is 11.8. The number of carbonyl (C=O) groups excluding carboxylic acids is 1. The molecule has 1 aromatic heterocycles. The van der Waals surface area contributed by atoms with Crippen LogP contribution in [0.2, 0.25) is 0 Å². The molecule has 1 saturated heterocycles. The molecule has 0 unspecified atom stereocenters. The smallest absolute Gasteiger partial charge is 0.137 e. The van der Waals surface area contributed by atoms with Gasteiger partial charge in [0.05, 0.1) is 0 Å². The number of nitrogens with one attached hydrogen (secondary N) is 1. The van der Waals surface area contributed by atoms with E-state index in [-0.39, 0.29) is 0 Å². The average Bonchev–Trinajstić information content (AvgIpc) is 2.39. The lowest BCUT2D eigenvalue weighted by molar-refractivity contribution is -0.118. The van der Waals surface area contributed by atoms with Crippen LogP contribution in [0.4, 0.5) is 0 Å².